The summed E-state index contributed by atoms with van der Waals surface area (Å²) in [5, 5.41) is 9.39. The minimum Gasteiger partial charge on any atom is -0.478 e. The highest BCUT2D eigenvalue weighted by molar-refractivity contribution is 6.33. The van der Waals surface area contributed by atoms with Crippen LogP contribution in [0.15, 0.2) is 42.5 Å². The number of hydrogen-bond acceptors (Lipinski definition) is 1. The van der Waals surface area contributed by atoms with Crippen LogP contribution < -0.4 is 0 Å². The van der Waals surface area contributed by atoms with Crippen molar-refractivity contribution >= 4 is 17.6 Å². The van der Waals surface area contributed by atoms with Gasteiger partial charge in [0, 0.05) is 10.6 Å². The van der Waals surface area contributed by atoms with Crippen molar-refractivity contribution < 1.29 is 9.90 Å². The zero-order valence-electron chi connectivity index (χ0n) is 10.7. The lowest BCUT2D eigenvalue weighted by Crippen LogP contribution is -1.96. The van der Waals surface area contributed by atoms with Gasteiger partial charge in [0.15, 0.2) is 0 Å². The summed E-state index contributed by atoms with van der Waals surface area (Å²) >= 11 is 6.17. The second kappa shape index (κ2) is 5.89. The molecule has 0 heterocycles. The van der Waals surface area contributed by atoms with E-state index in [1.807, 2.05) is 12.1 Å². The van der Waals surface area contributed by atoms with Gasteiger partial charge in [-0.1, -0.05) is 55.3 Å². The van der Waals surface area contributed by atoms with Gasteiger partial charge in [-0.05, 0) is 29.7 Å². The molecule has 3 heteroatoms. The van der Waals surface area contributed by atoms with Crippen molar-refractivity contribution in [3.05, 3.63) is 58.6 Å². The van der Waals surface area contributed by atoms with Crippen LogP contribution >= 0.6 is 11.6 Å². The van der Waals surface area contributed by atoms with Gasteiger partial charge in [-0.2, -0.15) is 0 Å². The Morgan fingerprint density at radius 3 is 2.63 bits per heavy atom. The molecule has 0 aromatic heterocycles. The summed E-state index contributed by atoms with van der Waals surface area (Å²) in [7, 11) is 0. The predicted molar refractivity (Wildman–Crippen MR) is 77.8 cm³/mol. The third-order valence-corrected chi connectivity index (χ3v) is 3.31. The molecule has 0 saturated heterocycles. The van der Waals surface area contributed by atoms with E-state index in [4.69, 9.17) is 16.7 Å². The highest BCUT2D eigenvalue weighted by Crippen LogP contribution is 2.29. The summed E-state index contributed by atoms with van der Waals surface area (Å²) in [5.74, 6) is -0.965. The maximum absolute atomic E-state index is 10.9. The van der Waals surface area contributed by atoms with Crippen LogP contribution in [-0.2, 0) is 6.42 Å². The summed E-state index contributed by atoms with van der Waals surface area (Å²) in [4.78, 5) is 10.9. The standard InChI is InChI=1S/C16H15ClO2/c1-2-4-11-5-3-6-12(9-11)14-8-7-13(16(18)19)10-15(14)17/h3,5-10H,2,4H2,1H3,(H,18,19). The van der Waals surface area contributed by atoms with E-state index in [0.29, 0.717) is 5.02 Å². The minimum absolute atomic E-state index is 0.207. The van der Waals surface area contributed by atoms with Gasteiger partial charge < -0.3 is 5.11 Å². The van der Waals surface area contributed by atoms with Crippen LogP contribution in [0.5, 0.6) is 0 Å². The minimum atomic E-state index is -0.965. The molecule has 0 spiro atoms. The summed E-state index contributed by atoms with van der Waals surface area (Å²) < 4.78 is 0. The van der Waals surface area contributed by atoms with E-state index in [9.17, 15) is 4.79 Å². The van der Waals surface area contributed by atoms with Crippen molar-refractivity contribution in [3.63, 3.8) is 0 Å². The molecule has 0 fully saturated rings. The Labute approximate surface area is 117 Å². The molecule has 2 aromatic rings. The van der Waals surface area contributed by atoms with E-state index in [2.05, 4.69) is 19.1 Å². The Balaban J connectivity index is 2.41. The van der Waals surface area contributed by atoms with E-state index in [-0.39, 0.29) is 5.56 Å². The monoisotopic (exact) mass is 274 g/mol. The molecule has 0 atom stereocenters. The third kappa shape index (κ3) is 3.15. The van der Waals surface area contributed by atoms with Crippen LogP contribution in [0.1, 0.15) is 29.3 Å². The fraction of sp³-hybridized carbons (Fsp3) is 0.188. The zero-order chi connectivity index (χ0) is 13.8. The van der Waals surface area contributed by atoms with Gasteiger partial charge >= 0.3 is 5.97 Å². The van der Waals surface area contributed by atoms with Gasteiger partial charge in [0.25, 0.3) is 0 Å². The molecule has 0 aliphatic carbocycles. The Morgan fingerprint density at radius 1 is 1.21 bits per heavy atom. The molecule has 0 amide bonds. The number of benzene rings is 2. The first-order chi connectivity index (χ1) is 9.11. The number of carboxylic acids is 1. The van der Waals surface area contributed by atoms with Crippen LogP contribution in [0.2, 0.25) is 5.02 Å². The van der Waals surface area contributed by atoms with Crippen molar-refractivity contribution in [2.45, 2.75) is 19.8 Å². The van der Waals surface area contributed by atoms with Gasteiger partial charge in [0.05, 0.1) is 5.56 Å². The average molecular weight is 275 g/mol. The molecular formula is C16H15ClO2. The molecule has 0 saturated carbocycles. The molecule has 0 bridgehead atoms. The van der Waals surface area contributed by atoms with Crippen molar-refractivity contribution in [2.24, 2.45) is 0 Å². The van der Waals surface area contributed by atoms with Crippen molar-refractivity contribution in [1.29, 1.82) is 0 Å². The number of halogens is 1. The van der Waals surface area contributed by atoms with Gasteiger partial charge in [0.2, 0.25) is 0 Å². The first-order valence-electron chi connectivity index (χ1n) is 6.24. The van der Waals surface area contributed by atoms with Crippen LogP contribution in [0.3, 0.4) is 0 Å². The smallest absolute Gasteiger partial charge is 0.335 e. The summed E-state index contributed by atoms with van der Waals surface area (Å²) in [5.41, 5.74) is 3.36. The van der Waals surface area contributed by atoms with Crippen LogP contribution in [0.4, 0.5) is 0 Å². The van der Waals surface area contributed by atoms with Gasteiger partial charge in [-0.3, -0.25) is 0 Å². The van der Waals surface area contributed by atoms with Crippen LogP contribution in [-0.4, -0.2) is 11.1 Å². The largest absolute Gasteiger partial charge is 0.478 e. The predicted octanol–water partition coefficient (Wildman–Crippen LogP) is 4.66. The molecule has 0 aliphatic rings. The molecule has 0 aliphatic heterocycles. The number of carboxylic acid groups (broad SMARTS) is 1. The second-order valence-electron chi connectivity index (χ2n) is 4.45. The van der Waals surface area contributed by atoms with Crippen molar-refractivity contribution in [2.75, 3.05) is 0 Å². The second-order valence-corrected chi connectivity index (χ2v) is 4.86. The lowest BCUT2D eigenvalue weighted by Gasteiger charge is -2.07. The number of aromatic carboxylic acids is 1. The zero-order valence-corrected chi connectivity index (χ0v) is 11.4. The normalized spacial score (nSPS) is 10.4. The summed E-state index contributed by atoms with van der Waals surface area (Å²) in [6.07, 6.45) is 2.12. The number of carbonyl (C=O) groups is 1. The molecular weight excluding hydrogens is 260 g/mol. The number of aryl methyl sites for hydroxylation is 1. The molecule has 0 radical (unpaired) electrons. The molecule has 19 heavy (non-hydrogen) atoms. The molecule has 1 N–H and O–H groups in total. The molecule has 2 aromatic carbocycles. The van der Waals surface area contributed by atoms with Crippen LogP contribution in [0, 0.1) is 0 Å². The molecule has 98 valence electrons. The van der Waals surface area contributed by atoms with Gasteiger partial charge in [-0.25, -0.2) is 4.79 Å². The first kappa shape index (κ1) is 13.6. The Hall–Kier alpha value is -1.80. The number of hydrogen-bond donors (Lipinski definition) is 1. The fourth-order valence-corrected chi connectivity index (χ4v) is 2.35. The van der Waals surface area contributed by atoms with Crippen LogP contribution in [0.25, 0.3) is 11.1 Å². The quantitative estimate of drug-likeness (QED) is 0.880. The lowest BCUT2D eigenvalue weighted by molar-refractivity contribution is 0.0697. The Kier molecular flexibility index (Phi) is 4.23. The van der Waals surface area contributed by atoms with E-state index in [1.54, 1.807) is 12.1 Å². The van der Waals surface area contributed by atoms with E-state index in [0.717, 1.165) is 24.0 Å². The van der Waals surface area contributed by atoms with Crippen molar-refractivity contribution in [1.82, 2.24) is 0 Å². The van der Waals surface area contributed by atoms with E-state index < -0.39 is 5.97 Å². The van der Waals surface area contributed by atoms with Gasteiger partial charge in [0.1, 0.15) is 0 Å². The van der Waals surface area contributed by atoms with E-state index >= 15 is 0 Å². The average Bonchev–Trinajstić information content (AvgIpc) is 2.39. The van der Waals surface area contributed by atoms with Gasteiger partial charge in [-0.15, -0.1) is 0 Å². The molecule has 2 rings (SSSR count). The maximum Gasteiger partial charge on any atom is 0.335 e. The fourth-order valence-electron chi connectivity index (χ4n) is 2.07. The maximum atomic E-state index is 10.9. The Bertz CT molecular complexity index is 605. The molecule has 0 unspecified atom stereocenters. The SMILES string of the molecule is CCCc1cccc(-c2ccc(C(=O)O)cc2Cl)c1. The number of rotatable bonds is 4. The summed E-state index contributed by atoms with van der Waals surface area (Å²) in [6.45, 7) is 2.14. The Morgan fingerprint density at radius 2 is 2.00 bits per heavy atom. The first-order valence-corrected chi connectivity index (χ1v) is 6.61. The third-order valence-electron chi connectivity index (χ3n) is 2.99. The molecule has 2 nitrogen and oxygen atoms in total. The lowest BCUT2D eigenvalue weighted by atomic mass is 10.00. The van der Waals surface area contributed by atoms with Crippen molar-refractivity contribution in [3.8, 4) is 11.1 Å². The highest BCUT2D eigenvalue weighted by atomic mass is 35.5. The summed E-state index contributed by atoms with van der Waals surface area (Å²) in [6, 6.07) is 13.0. The van der Waals surface area contributed by atoms with E-state index in [1.165, 1.54) is 11.6 Å². The topological polar surface area (TPSA) is 37.3 Å². The highest BCUT2D eigenvalue weighted by Gasteiger charge is 2.08.